The highest BCUT2D eigenvalue weighted by Gasteiger charge is 2.47. The molecular weight excluding hydrogens is 358 g/mol. The molecule has 6 nitrogen and oxygen atoms in total. The molecule has 1 aliphatic heterocycles. The van der Waals surface area contributed by atoms with Crippen molar-refractivity contribution < 1.29 is 19.2 Å². The van der Waals surface area contributed by atoms with Gasteiger partial charge in [0.15, 0.2) is 11.9 Å². The highest BCUT2D eigenvalue weighted by atomic mass is 16.6. The lowest BCUT2D eigenvalue weighted by atomic mass is 10.0. The number of epoxide rings is 1. The molecule has 0 radical (unpaired) electrons. The van der Waals surface area contributed by atoms with E-state index in [1.807, 2.05) is 60.7 Å². The van der Waals surface area contributed by atoms with Gasteiger partial charge in [-0.1, -0.05) is 60.7 Å². The number of hydrogen-bond acceptors (Lipinski definition) is 5. The van der Waals surface area contributed by atoms with Crippen LogP contribution in [0.2, 0.25) is 0 Å². The third-order valence-electron chi connectivity index (χ3n) is 4.55. The minimum Gasteiger partial charge on any atom is -0.488 e. The second-order valence-corrected chi connectivity index (χ2v) is 6.46. The van der Waals surface area contributed by atoms with Crippen LogP contribution in [0.1, 0.15) is 27.6 Å². The first-order valence-electron chi connectivity index (χ1n) is 8.83. The summed E-state index contributed by atoms with van der Waals surface area (Å²) in [7, 11) is 0. The van der Waals surface area contributed by atoms with E-state index in [1.54, 1.807) is 0 Å². The molecule has 3 aromatic rings. The first-order valence-corrected chi connectivity index (χ1v) is 8.83. The van der Waals surface area contributed by atoms with E-state index in [0.717, 1.165) is 11.1 Å². The fraction of sp³-hybridized carbons (Fsp3) is 0.136. The van der Waals surface area contributed by atoms with Crippen molar-refractivity contribution in [3.63, 3.8) is 0 Å². The Morgan fingerprint density at radius 1 is 1.00 bits per heavy atom. The minimum absolute atomic E-state index is 0.160. The number of nitro benzene ring substituents is 1. The normalized spacial score (nSPS) is 17.7. The molecule has 2 atom stereocenters. The highest BCUT2D eigenvalue weighted by Crippen LogP contribution is 2.42. The van der Waals surface area contributed by atoms with Crippen LogP contribution in [0.25, 0.3) is 0 Å². The van der Waals surface area contributed by atoms with Crippen LogP contribution in [-0.2, 0) is 11.3 Å². The molecule has 3 aromatic carbocycles. The van der Waals surface area contributed by atoms with Gasteiger partial charge in [-0.05, 0) is 17.2 Å². The maximum Gasteiger partial charge on any atom is 0.270 e. The number of ketones is 1. The van der Waals surface area contributed by atoms with Crippen molar-refractivity contribution >= 4 is 11.5 Å². The van der Waals surface area contributed by atoms with Crippen LogP contribution in [0.5, 0.6) is 5.75 Å². The molecule has 1 saturated heterocycles. The van der Waals surface area contributed by atoms with E-state index >= 15 is 0 Å². The molecule has 0 amide bonds. The van der Waals surface area contributed by atoms with Crippen molar-refractivity contribution in [3.05, 3.63) is 106 Å². The van der Waals surface area contributed by atoms with Crippen LogP contribution in [0.15, 0.2) is 78.9 Å². The lowest BCUT2D eigenvalue weighted by Crippen LogP contribution is -2.11. The third-order valence-corrected chi connectivity index (χ3v) is 4.55. The van der Waals surface area contributed by atoms with E-state index in [9.17, 15) is 14.9 Å². The summed E-state index contributed by atoms with van der Waals surface area (Å²) in [5, 5.41) is 11.2. The van der Waals surface area contributed by atoms with Gasteiger partial charge in [0.05, 0.1) is 10.5 Å². The predicted octanol–water partition coefficient (Wildman–Crippen LogP) is 4.50. The molecule has 0 aliphatic carbocycles. The summed E-state index contributed by atoms with van der Waals surface area (Å²) >= 11 is 0. The van der Waals surface area contributed by atoms with Crippen molar-refractivity contribution in [2.24, 2.45) is 0 Å². The van der Waals surface area contributed by atoms with Gasteiger partial charge in [-0.25, -0.2) is 0 Å². The molecule has 2 unspecified atom stereocenters. The molecule has 0 N–H and O–H groups in total. The largest absolute Gasteiger partial charge is 0.488 e. The lowest BCUT2D eigenvalue weighted by molar-refractivity contribution is -0.384. The number of hydrogen-bond donors (Lipinski definition) is 0. The summed E-state index contributed by atoms with van der Waals surface area (Å²) < 4.78 is 11.4. The van der Waals surface area contributed by atoms with Gasteiger partial charge in [0, 0.05) is 12.1 Å². The van der Waals surface area contributed by atoms with Crippen LogP contribution in [0, 0.1) is 10.1 Å². The van der Waals surface area contributed by atoms with Crippen molar-refractivity contribution in [1.29, 1.82) is 0 Å². The SMILES string of the molecule is O=C(c1cc([N+](=O)[O-])ccc1OCc1ccccc1)C1OC1c1ccccc1. The van der Waals surface area contributed by atoms with Gasteiger partial charge in [-0.3, -0.25) is 14.9 Å². The minimum atomic E-state index is -0.663. The second-order valence-electron chi connectivity index (χ2n) is 6.46. The topological polar surface area (TPSA) is 82.0 Å². The van der Waals surface area contributed by atoms with E-state index in [2.05, 4.69) is 0 Å². The lowest BCUT2D eigenvalue weighted by Gasteiger charge is -2.10. The Kier molecular flexibility index (Phi) is 4.87. The maximum atomic E-state index is 13.0. The quantitative estimate of drug-likeness (QED) is 0.263. The Bertz CT molecular complexity index is 1000. The van der Waals surface area contributed by atoms with Gasteiger partial charge < -0.3 is 9.47 Å². The fourth-order valence-electron chi connectivity index (χ4n) is 3.05. The number of non-ortho nitro benzene ring substituents is 1. The monoisotopic (exact) mass is 375 g/mol. The standard InChI is InChI=1S/C22H17NO5/c24-20(22-21(28-22)16-9-5-2-6-10-16)18-13-17(23(25)26)11-12-19(18)27-14-15-7-3-1-4-8-15/h1-13,21-22H,14H2. The van der Waals surface area contributed by atoms with Crippen molar-refractivity contribution in [1.82, 2.24) is 0 Å². The van der Waals surface area contributed by atoms with Crippen molar-refractivity contribution in [3.8, 4) is 5.75 Å². The van der Waals surface area contributed by atoms with E-state index in [-0.39, 0.29) is 29.7 Å². The molecule has 0 aromatic heterocycles. The number of nitro groups is 1. The molecule has 0 saturated carbocycles. The number of carbonyl (C=O) groups excluding carboxylic acids is 1. The molecular formula is C22H17NO5. The zero-order valence-corrected chi connectivity index (χ0v) is 14.9. The first kappa shape index (κ1) is 17.9. The van der Waals surface area contributed by atoms with E-state index in [0.29, 0.717) is 5.75 Å². The van der Waals surface area contributed by atoms with Crippen LogP contribution in [0.4, 0.5) is 5.69 Å². The molecule has 4 rings (SSSR count). The van der Waals surface area contributed by atoms with Crippen molar-refractivity contribution in [2.75, 3.05) is 0 Å². The summed E-state index contributed by atoms with van der Waals surface area (Å²) in [6, 6.07) is 23.0. The number of carbonyl (C=O) groups is 1. The number of rotatable bonds is 7. The molecule has 28 heavy (non-hydrogen) atoms. The number of ether oxygens (including phenoxy) is 2. The highest BCUT2D eigenvalue weighted by molar-refractivity contribution is 6.04. The van der Waals surface area contributed by atoms with E-state index in [1.165, 1.54) is 18.2 Å². The number of benzene rings is 3. The van der Waals surface area contributed by atoms with E-state index in [4.69, 9.17) is 9.47 Å². The van der Waals surface area contributed by atoms with E-state index < -0.39 is 11.0 Å². The van der Waals surface area contributed by atoms with Gasteiger partial charge in [-0.15, -0.1) is 0 Å². The zero-order valence-electron chi connectivity index (χ0n) is 14.9. The summed E-state index contributed by atoms with van der Waals surface area (Å²) in [6.07, 6.45) is -1.00. The summed E-state index contributed by atoms with van der Waals surface area (Å²) in [4.78, 5) is 23.6. The van der Waals surface area contributed by atoms with Gasteiger partial charge >= 0.3 is 0 Å². The smallest absolute Gasteiger partial charge is 0.270 e. The van der Waals surface area contributed by atoms with Crippen LogP contribution in [0.3, 0.4) is 0 Å². The Morgan fingerprint density at radius 3 is 2.36 bits per heavy atom. The average Bonchev–Trinajstić information content (AvgIpc) is 3.54. The van der Waals surface area contributed by atoms with Gasteiger partial charge in [0.1, 0.15) is 18.5 Å². The number of nitrogens with zero attached hydrogens (tertiary/aromatic N) is 1. The average molecular weight is 375 g/mol. The van der Waals surface area contributed by atoms with Gasteiger partial charge in [0.2, 0.25) is 0 Å². The second kappa shape index (κ2) is 7.62. The molecule has 1 aliphatic rings. The molecule has 0 spiro atoms. The molecule has 140 valence electrons. The summed E-state index contributed by atoms with van der Waals surface area (Å²) in [5.74, 6) is -0.0117. The predicted molar refractivity (Wildman–Crippen MR) is 102 cm³/mol. The maximum absolute atomic E-state index is 13.0. The van der Waals surface area contributed by atoms with Crippen LogP contribution < -0.4 is 4.74 Å². The van der Waals surface area contributed by atoms with Gasteiger partial charge in [-0.2, -0.15) is 0 Å². The van der Waals surface area contributed by atoms with Crippen molar-refractivity contribution in [2.45, 2.75) is 18.8 Å². The first-order chi connectivity index (χ1) is 13.6. The molecule has 0 bridgehead atoms. The molecule has 6 heteroatoms. The third kappa shape index (κ3) is 3.77. The Balaban J connectivity index is 1.58. The summed E-state index contributed by atoms with van der Waals surface area (Å²) in [6.45, 7) is 0.257. The van der Waals surface area contributed by atoms with Gasteiger partial charge in [0.25, 0.3) is 5.69 Å². The Morgan fingerprint density at radius 2 is 1.68 bits per heavy atom. The van der Waals surface area contributed by atoms with Crippen LogP contribution in [-0.4, -0.2) is 16.8 Å². The zero-order chi connectivity index (χ0) is 19.5. The number of Topliss-reactive ketones (excluding diaryl/α,β-unsaturated/α-hetero) is 1. The fourth-order valence-corrected chi connectivity index (χ4v) is 3.05. The Labute approximate surface area is 161 Å². The summed E-state index contributed by atoms with van der Waals surface area (Å²) in [5.41, 5.74) is 1.84. The molecule has 1 fully saturated rings. The Hall–Kier alpha value is -3.51. The van der Waals surface area contributed by atoms with Crippen LogP contribution >= 0.6 is 0 Å². The molecule has 1 heterocycles.